The molecule has 2 aromatic heterocycles. The molecular formula is C18H21N5O3. The van der Waals surface area contributed by atoms with E-state index >= 15 is 0 Å². The van der Waals surface area contributed by atoms with Gasteiger partial charge in [0.2, 0.25) is 5.91 Å². The van der Waals surface area contributed by atoms with Crippen LogP contribution in [0.3, 0.4) is 0 Å². The molecule has 0 saturated heterocycles. The Kier molecular flexibility index (Phi) is 4.75. The number of fused-ring (bicyclic) bond motifs is 3. The van der Waals surface area contributed by atoms with Crippen LogP contribution in [0, 0.1) is 0 Å². The average molecular weight is 355 g/mol. The van der Waals surface area contributed by atoms with Gasteiger partial charge in [-0.05, 0) is 32.4 Å². The van der Waals surface area contributed by atoms with E-state index in [1.165, 1.54) is 10.7 Å². The number of nitrogens with zero attached hydrogens (tertiary/aromatic N) is 2. The highest BCUT2D eigenvalue weighted by molar-refractivity contribution is 6.02. The predicted molar refractivity (Wildman–Crippen MR) is 98.1 cm³/mol. The molecular weight excluding hydrogens is 334 g/mol. The third-order valence-electron chi connectivity index (χ3n) is 4.36. The summed E-state index contributed by atoms with van der Waals surface area (Å²) >= 11 is 0. The standard InChI is InChI=1S/C18H21N5O3/c1-4-10(2)20-16(24)11(3)21-18(26)13-9-19-23-14-8-6-5-7-12(14)17(25)22-15(13)23/h5-11H,4H2,1-3H3,(H,20,24)(H,21,26)(H,22,25). The number of benzene rings is 1. The van der Waals surface area contributed by atoms with Crippen molar-refractivity contribution in [3.05, 3.63) is 46.4 Å². The molecule has 0 bridgehead atoms. The molecule has 8 nitrogen and oxygen atoms in total. The second kappa shape index (κ2) is 6.99. The maximum atomic E-state index is 12.6. The Balaban J connectivity index is 1.90. The zero-order valence-electron chi connectivity index (χ0n) is 14.9. The molecule has 0 aliphatic rings. The van der Waals surface area contributed by atoms with Crippen LogP contribution in [0.5, 0.6) is 0 Å². The van der Waals surface area contributed by atoms with E-state index in [4.69, 9.17) is 0 Å². The van der Waals surface area contributed by atoms with Crippen molar-refractivity contribution in [2.45, 2.75) is 39.3 Å². The topological polar surface area (TPSA) is 108 Å². The van der Waals surface area contributed by atoms with Crippen LogP contribution in [0.15, 0.2) is 35.3 Å². The summed E-state index contributed by atoms with van der Waals surface area (Å²) in [6, 6.07) is 6.33. The monoisotopic (exact) mass is 355 g/mol. The van der Waals surface area contributed by atoms with Gasteiger partial charge in [0.15, 0.2) is 0 Å². The number of rotatable bonds is 5. The Morgan fingerprint density at radius 1 is 1.23 bits per heavy atom. The van der Waals surface area contributed by atoms with Crippen molar-refractivity contribution in [3.63, 3.8) is 0 Å². The lowest BCUT2D eigenvalue weighted by atomic mass is 10.2. The molecule has 2 atom stereocenters. The van der Waals surface area contributed by atoms with E-state index < -0.39 is 11.9 Å². The van der Waals surface area contributed by atoms with Crippen LogP contribution >= 0.6 is 0 Å². The highest BCUT2D eigenvalue weighted by atomic mass is 16.2. The Morgan fingerprint density at radius 3 is 2.69 bits per heavy atom. The molecule has 26 heavy (non-hydrogen) atoms. The number of nitrogens with one attached hydrogen (secondary N) is 3. The number of carbonyl (C=O) groups is 2. The minimum absolute atomic E-state index is 0.0292. The first-order valence-electron chi connectivity index (χ1n) is 8.52. The van der Waals surface area contributed by atoms with Gasteiger partial charge in [-0.1, -0.05) is 19.1 Å². The quantitative estimate of drug-likeness (QED) is 0.639. The zero-order chi connectivity index (χ0) is 18.8. The zero-order valence-corrected chi connectivity index (χ0v) is 14.9. The van der Waals surface area contributed by atoms with Crippen molar-refractivity contribution in [1.29, 1.82) is 0 Å². The first-order valence-corrected chi connectivity index (χ1v) is 8.52. The summed E-state index contributed by atoms with van der Waals surface area (Å²) in [4.78, 5) is 39.6. The number of aromatic nitrogens is 3. The number of amides is 2. The van der Waals surface area contributed by atoms with Gasteiger partial charge in [-0.2, -0.15) is 5.10 Å². The van der Waals surface area contributed by atoms with Gasteiger partial charge in [-0.3, -0.25) is 14.4 Å². The van der Waals surface area contributed by atoms with E-state index in [0.717, 1.165) is 6.42 Å². The second-order valence-electron chi connectivity index (χ2n) is 6.30. The van der Waals surface area contributed by atoms with Crippen LogP contribution in [-0.4, -0.2) is 38.5 Å². The number of para-hydroxylation sites is 1. The number of carbonyl (C=O) groups excluding carboxylic acids is 2. The van der Waals surface area contributed by atoms with Crippen LogP contribution < -0.4 is 16.2 Å². The highest BCUT2D eigenvalue weighted by Crippen LogP contribution is 2.14. The number of aromatic amines is 1. The third kappa shape index (κ3) is 3.17. The normalized spacial score (nSPS) is 13.5. The molecule has 8 heteroatoms. The molecule has 0 aliphatic heterocycles. The fourth-order valence-electron chi connectivity index (χ4n) is 2.65. The third-order valence-corrected chi connectivity index (χ3v) is 4.36. The fourth-order valence-corrected chi connectivity index (χ4v) is 2.65. The molecule has 2 heterocycles. The molecule has 0 fully saturated rings. The van der Waals surface area contributed by atoms with Crippen LogP contribution in [0.2, 0.25) is 0 Å². The molecule has 2 unspecified atom stereocenters. The van der Waals surface area contributed by atoms with Crippen LogP contribution in [0.1, 0.15) is 37.6 Å². The lowest BCUT2D eigenvalue weighted by molar-refractivity contribution is -0.123. The first-order chi connectivity index (χ1) is 12.4. The van der Waals surface area contributed by atoms with Gasteiger partial charge in [0.25, 0.3) is 11.5 Å². The van der Waals surface area contributed by atoms with Crippen molar-refractivity contribution in [2.75, 3.05) is 0 Å². The number of H-pyrrole nitrogens is 1. The van der Waals surface area contributed by atoms with Gasteiger partial charge < -0.3 is 15.6 Å². The van der Waals surface area contributed by atoms with Gasteiger partial charge in [0.1, 0.15) is 17.3 Å². The van der Waals surface area contributed by atoms with Crippen LogP contribution in [-0.2, 0) is 4.79 Å². The van der Waals surface area contributed by atoms with E-state index in [-0.39, 0.29) is 23.1 Å². The van der Waals surface area contributed by atoms with Gasteiger partial charge in [-0.25, -0.2) is 4.52 Å². The maximum Gasteiger partial charge on any atom is 0.259 e. The van der Waals surface area contributed by atoms with E-state index in [1.807, 2.05) is 13.8 Å². The lowest BCUT2D eigenvalue weighted by Gasteiger charge is -2.17. The van der Waals surface area contributed by atoms with E-state index in [1.54, 1.807) is 31.2 Å². The lowest BCUT2D eigenvalue weighted by Crippen LogP contribution is -2.47. The summed E-state index contributed by atoms with van der Waals surface area (Å²) in [5.74, 6) is -0.735. The smallest absolute Gasteiger partial charge is 0.259 e. The van der Waals surface area contributed by atoms with E-state index in [0.29, 0.717) is 16.6 Å². The van der Waals surface area contributed by atoms with Gasteiger partial charge in [0, 0.05) is 6.04 Å². The Bertz CT molecular complexity index is 1040. The summed E-state index contributed by atoms with van der Waals surface area (Å²) in [6.07, 6.45) is 2.18. The fraction of sp³-hybridized carbons (Fsp3) is 0.333. The first kappa shape index (κ1) is 17.7. The van der Waals surface area contributed by atoms with Gasteiger partial charge in [-0.15, -0.1) is 0 Å². The minimum atomic E-state index is -0.710. The molecule has 0 spiro atoms. The predicted octanol–water partition coefficient (Wildman–Crippen LogP) is 1.21. The minimum Gasteiger partial charge on any atom is -0.352 e. The van der Waals surface area contributed by atoms with Crippen molar-refractivity contribution < 1.29 is 9.59 Å². The molecule has 3 N–H and O–H groups in total. The van der Waals surface area contributed by atoms with Crippen molar-refractivity contribution in [3.8, 4) is 0 Å². The van der Waals surface area contributed by atoms with Gasteiger partial charge >= 0.3 is 0 Å². The van der Waals surface area contributed by atoms with Crippen LogP contribution in [0.25, 0.3) is 16.6 Å². The van der Waals surface area contributed by atoms with Gasteiger partial charge in [0.05, 0.1) is 17.1 Å². The van der Waals surface area contributed by atoms with Crippen molar-refractivity contribution in [1.82, 2.24) is 25.2 Å². The Labute approximate surface area is 149 Å². The average Bonchev–Trinajstić information content (AvgIpc) is 3.05. The number of hydrogen-bond donors (Lipinski definition) is 3. The largest absolute Gasteiger partial charge is 0.352 e. The highest BCUT2D eigenvalue weighted by Gasteiger charge is 2.21. The summed E-state index contributed by atoms with van der Waals surface area (Å²) < 4.78 is 1.51. The number of hydrogen-bond acceptors (Lipinski definition) is 4. The SMILES string of the molecule is CCC(C)NC(=O)C(C)NC(=O)c1cnn2c1[nH]c(=O)c1ccccc12. The molecule has 0 aliphatic carbocycles. The second-order valence-corrected chi connectivity index (χ2v) is 6.30. The molecule has 0 radical (unpaired) electrons. The maximum absolute atomic E-state index is 12.6. The van der Waals surface area contributed by atoms with Crippen molar-refractivity contribution >= 4 is 28.4 Å². The molecule has 3 rings (SSSR count). The van der Waals surface area contributed by atoms with E-state index in [9.17, 15) is 14.4 Å². The summed E-state index contributed by atoms with van der Waals surface area (Å²) in [6.45, 7) is 5.47. The van der Waals surface area contributed by atoms with E-state index in [2.05, 4.69) is 20.7 Å². The Hall–Kier alpha value is -3.16. The molecule has 0 saturated carbocycles. The summed E-state index contributed by atoms with van der Waals surface area (Å²) in [5.41, 5.74) is 0.801. The van der Waals surface area contributed by atoms with Crippen LogP contribution in [0.4, 0.5) is 0 Å². The summed E-state index contributed by atoms with van der Waals surface area (Å²) in [5, 5.41) is 10.2. The van der Waals surface area contributed by atoms with Crippen molar-refractivity contribution in [2.24, 2.45) is 0 Å². The molecule has 136 valence electrons. The Morgan fingerprint density at radius 2 is 1.96 bits per heavy atom. The molecule has 3 aromatic rings. The molecule has 2 amide bonds. The molecule has 1 aromatic carbocycles. The summed E-state index contributed by atoms with van der Waals surface area (Å²) in [7, 11) is 0.